The molecule has 1 saturated heterocycles. The van der Waals surface area contributed by atoms with E-state index in [0.29, 0.717) is 12.2 Å². The van der Waals surface area contributed by atoms with Crippen LogP contribution in [-0.4, -0.2) is 58.6 Å². The Kier molecular flexibility index (Phi) is 7.94. The van der Waals surface area contributed by atoms with Crippen LogP contribution in [0.4, 0.5) is 5.69 Å². The standard InChI is InChI=1S/C22H28ClN3O4S/c1-16-4-6-19(14-17(16)2)25-31(28,29)21-15-18(5-7-20(21)23)22(27)24-8-3-9-26-10-12-30-13-11-26/h4-7,14-15,25H,3,8-13H2,1-2H3,(H,24,27). The smallest absolute Gasteiger partial charge is 0.263 e. The van der Waals surface area contributed by atoms with Crippen molar-refractivity contribution in [1.82, 2.24) is 10.2 Å². The van der Waals surface area contributed by atoms with Crippen LogP contribution in [-0.2, 0) is 14.8 Å². The van der Waals surface area contributed by atoms with Gasteiger partial charge in [-0.15, -0.1) is 0 Å². The minimum Gasteiger partial charge on any atom is -0.379 e. The third-order valence-electron chi connectivity index (χ3n) is 5.28. The summed E-state index contributed by atoms with van der Waals surface area (Å²) in [7, 11) is -3.95. The second kappa shape index (κ2) is 10.5. The molecule has 3 rings (SSSR count). The number of nitrogens with one attached hydrogen (secondary N) is 2. The second-order valence-electron chi connectivity index (χ2n) is 7.61. The monoisotopic (exact) mass is 465 g/mol. The maximum atomic E-state index is 12.9. The van der Waals surface area contributed by atoms with Gasteiger partial charge >= 0.3 is 0 Å². The number of amides is 1. The van der Waals surface area contributed by atoms with Crippen molar-refractivity contribution in [2.75, 3.05) is 44.1 Å². The lowest BCUT2D eigenvalue weighted by Gasteiger charge is -2.26. The summed E-state index contributed by atoms with van der Waals surface area (Å²) >= 11 is 6.15. The molecule has 0 unspecified atom stereocenters. The van der Waals surface area contributed by atoms with E-state index in [1.807, 2.05) is 19.9 Å². The molecule has 0 spiro atoms. The molecule has 1 amide bonds. The number of nitrogens with zero attached hydrogens (tertiary/aromatic N) is 1. The van der Waals surface area contributed by atoms with Crippen molar-refractivity contribution in [3.05, 3.63) is 58.1 Å². The minimum absolute atomic E-state index is 0.0557. The Morgan fingerprint density at radius 1 is 1.10 bits per heavy atom. The molecule has 0 radical (unpaired) electrons. The summed E-state index contributed by atoms with van der Waals surface area (Å²) in [6.45, 7) is 8.53. The number of halogens is 1. The van der Waals surface area contributed by atoms with Crippen LogP contribution >= 0.6 is 11.6 Å². The summed E-state index contributed by atoms with van der Waals surface area (Å²) in [5, 5.41) is 2.90. The Morgan fingerprint density at radius 2 is 1.84 bits per heavy atom. The third kappa shape index (κ3) is 6.43. The molecule has 31 heavy (non-hydrogen) atoms. The molecule has 0 atom stereocenters. The Bertz CT molecular complexity index is 1040. The van der Waals surface area contributed by atoms with E-state index in [9.17, 15) is 13.2 Å². The van der Waals surface area contributed by atoms with Gasteiger partial charge in [-0.1, -0.05) is 17.7 Å². The molecule has 7 nitrogen and oxygen atoms in total. The van der Waals surface area contributed by atoms with Gasteiger partial charge in [0.1, 0.15) is 4.90 Å². The van der Waals surface area contributed by atoms with E-state index >= 15 is 0 Å². The van der Waals surface area contributed by atoms with Gasteiger partial charge in [0.15, 0.2) is 0 Å². The molecule has 1 fully saturated rings. The van der Waals surface area contributed by atoms with Crippen LogP contribution in [0.1, 0.15) is 27.9 Å². The molecule has 1 heterocycles. The number of carbonyl (C=O) groups is 1. The van der Waals surface area contributed by atoms with Crippen molar-refractivity contribution < 1.29 is 17.9 Å². The first-order valence-electron chi connectivity index (χ1n) is 10.2. The molecule has 1 aliphatic rings. The average molecular weight is 466 g/mol. The van der Waals surface area contributed by atoms with E-state index in [4.69, 9.17) is 16.3 Å². The highest BCUT2D eigenvalue weighted by molar-refractivity contribution is 7.92. The average Bonchev–Trinajstić information content (AvgIpc) is 2.74. The van der Waals surface area contributed by atoms with Gasteiger partial charge < -0.3 is 10.1 Å². The van der Waals surface area contributed by atoms with Crippen LogP contribution in [0.5, 0.6) is 0 Å². The molecule has 2 aromatic carbocycles. The fraction of sp³-hybridized carbons (Fsp3) is 0.409. The zero-order chi connectivity index (χ0) is 22.4. The van der Waals surface area contributed by atoms with Crippen molar-refractivity contribution >= 4 is 33.2 Å². The molecule has 168 valence electrons. The summed E-state index contributed by atoms with van der Waals surface area (Å²) in [5.74, 6) is -0.332. The van der Waals surface area contributed by atoms with Crippen LogP contribution in [0.3, 0.4) is 0 Å². The van der Waals surface area contributed by atoms with Crippen molar-refractivity contribution in [3.8, 4) is 0 Å². The Hall–Kier alpha value is -2.13. The number of hydrogen-bond acceptors (Lipinski definition) is 5. The highest BCUT2D eigenvalue weighted by Crippen LogP contribution is 2.26. The van der Waals surface area contributed by atoms with Crippen LogP contribution in [0.25, 0.3) is 0 Å². The number of morpholine rings is 1. The van der Waals surface area contributed by atoms with Crippen LogP contribution in [0, 0.1) is 13.8 Å². The lowest BCUT2D eigenvalue weighted by atomic mass is 10.1. The first kappa shape index (κ1) is 23.5. The number of carbonyl (C=O) groups excluding carboxylic acids is 1. The molecular weight excluding hydrogens is 438 g/mol. The zero-order valence-corrected chi connectivity index (χ0v) is 19.4. The van der Waals surface area contributed by atoms with E-state index in [1.54, 1.807) is 12.1 Å². The summed E-state index contributed by atoms with van der Waals surface area (Å²) in [4.78, 5) is 14.7. The van der Waals surface area contributed by atoms with Crippen LogP contribution in [0.2, 0.25) is 5.02 Å². The van der Waals surface area contributed by atoms with Crippen molar-refractivity contribution in [3.63, 3.8) is 0 Å². The van der Waals surface area contributed by atoms with Gasteiger partial charge in [-0.25, -0.2) is 8.42 Å². The Labute approximate surface area is 188 Å². The van der Waals surface area contributed by atoms with E-state index in [0.717, 1.165) is 50.4 Å². The van der Waals surface area contributed by atoms with Gasteiger partial charge in [-0.2, -0.15) is 0 Å². The molecule has 0 aliphatic carbocycles. The number of ether oxygens (including phenoxy) is 1. The topological polar surface area (TPSA) is 87.7 Å². The van der Waals surface area contributed by atoms with E-state index < -0.39 is 10.0 Å². The minimum atomic E-state index is -3.95. The van der Waals surface area contributed by atoms with Crippen LogP contribution < -0.4 is 10.0 Å². The molecule has 0 aromatic heterocycles. The molecule has 0 bridgehead atoms. The molecule has 9 heteroatoms. The SMILES string of the molecule is Cc1ccc(NS(=O)(=O)c2cc(C(=O)NCCCN3CCOCC3)ccc2Cl)cc1C. The molecule has 2 N–H and O–H groups in total. The van der Waals surface area contributed by atoms with Gasteiger partial charge in [-0.3, -0.25) is 14.4 Å². The maximum Gasteiger partial charge on any atom is 0.263 e. The van der Waals surface area contributed by atoms with Crippen molar-refractivity contribution in [1.29, 1.82) is 0 Å². The lowest BCUT2D eigenvalue weighted by Crippen LogP contribution is -2.38. The number of sulfonamides is 1. The molecule has 2 aromatic rings. The number of rotatable bonds is 8. The summed E-state index contributed by atoms with van der Waals surface area (Å²) in [5.41, 5.74) is 2.72. The van der Waals surface area contributed by atoms with E-state index in [1.165, 1.54) is 18.2 Å². The van der Waals surface area contributed by atoms with Crippen molar-refractivity contribution in [2.24, 2.45) is 0 Å². The third-order valence-corrected chi connectivity index (χ3v) is 7.15. The maximum absolute atomic E-state index is 12.9. The first-order valence-corrected chi connectivity index (χ1v) is 12.1. The largest absolute Gasteiger partial charge is 0.379 e. The predicted octanol–water partition coefficient (Wildman–Crippen LogP) is 3.21. The van der Waals surface area contributed by atoms with Gasteiger partial charge in [-0.05, 0) is 68.3 Å². The molecular formula is C22H28ClN3O4S. The number of aryl methyl sites for hydroxylation is 2. The normalized spacial score (nSPS) is 14.9. The molecule has 0 saturated carbocycles. The number of benzene rings is 2. The highest BCUT2D eigenvalue weighted by Gasteiger charge is 2.21. The van der Waals surface area contributed by atoms with Crippen LogP contribution in [0.15, 0.2) is 41.3 Å². The lowest BCUT2D eigenvalue weighted by molar-refractivity contribution is 0.0374. The summed E-state index contributed by atoms with van der Waals surface area (Å²) < 4.78 is 33.6. The number of hydrogen-bond donors (Lipinski definition) is 2. The summed E-state index contributed by atoms with van der Waals surface area (Å²) in [6, 6.07) is 9.55. The Morgan fingerprint density at radius 3 is 2.55 bits per heavy atom. The number of anilines is 1. The van der Waals surface area contributed by atoms with Gasteiger partial charge in [0.05, 0.1) is 18.2 Å². The first-order chi connectivity index (χ1) is 14.8. The fourth-order valence-corrected chi connectivity index (χ4v) is 4.87. The fourth-order valence-electron chi connectivity index (χ4n) is 3.30. The van der Waals surface area contributed by atoms with Crippen molar-refractivity contribution in [2.45, 2.75) is 25.2 Å². The zero-order valence-electron chi connectivity index (χ0n) is 17.8. The Balaban J connectivity index is 1.64. The predicted molar refractivity (Wildman–Crippen MR) is 122 cm³/mol. The molecule has 1 aliphatic heterocycles. The van der Waals surface area contributed by atoms with Gasteiger partial charge in [0.25, 0.3) is 15.9 Å². The van der Waals surface area contributed by atoms with E-state index in [-0.39, 0.29) is 21.4 Å². The van der Waals surface area contributed by atoms with Gasteiger partial charge in [0.2, 0.25) is 0 Å². The summed E-state index contributed by atoms with van der Waals surface area (Å²) in [6.07, 6.45) is 0.804. The highest BCUT2D eigenvalue weighted by atomic mass is 35.5. The second-order valence-corrected chi connectivity index (χ2v) is 9.67. The van der Waals surface area contributed by atoms with Gasteiger partial charge in [0, 0.05) is 30.9 Å². The van der Waals surface area contributed by atoms with E-state index in [2.05, 4.69) is 14.9 Å². The quantitative estimate of drug-likeness (QED) is 0.584.